The van der Waals surface area contributed by atoms with Crippen LogP contribution in [-0.4, -0.2) is 9.13 Å². The normalized spacial score (nSPS) is 11.5. The number of nitrogens with one attached hydrogen (secondary N) is 1. The molecule has 0 unspecified atom stereocenters. The first-order valence-corrected chi connectivity index (χ1v) is 18.5. The molecule has 0 radical (unpaired) electrons. The van der Waals surface area contributed by atoms with Crippen LogP contribution in [0.1, 0.15) is 11.1 Å². The van der Waals surface area contributed by atoms with Gasteiger partial charge in [0.25, 0.3) is 0 Å². The van der Waals surface area contributed by atoms with E-state index in [0.29, 0.717) is 0 Å². The first-order valence-electron chi connectivity index (χ1n) is 18.5. The highest BCUT2D eigenvalue weighted by molar-refractivity contribution is 6.19. The van der Waals surface area contributed by atoms with E-state index >= 15 is 0 Å². The Kier molecular flexibility index (Phi) is 7.55. The minimum absolute atomic E-state index is 1.06. The molecule has 0 atom stereocenters. The van der Waals surface area contributed by atoms with Crippen LogP contribution in [0.2, 0.25) is 0 Å². The zero-order chi connectivity index (χ0) is 36.2. The van der Waals surface area contributed by atoms with Gasteiger partial charge in [-0.15, -0.1) is 0 Å². The highest BCUT2D eigenvalue weighted by Gasteiger charge is 2.20. The molecule has 0 saturated carbocycles. The van der Waals surface area contributed by atoms with Gasteiger partial charge in [0.2, 0.25) is 0 Å². The van der Waals surface area contributed by atoms with Gasteiger partial charge in [0.15, 0.2) is 0 Å². The van der Waals surface area contributed by atoms with Gasteiger partial charge in [0, 0.05) is 61.4 Å². The maximum atomic E-state index is 3.54. The van der Waals surface area contributed by atoms with Gasteiger partial charge in [-0.25, -0.2) is 0 Å². The SMILES string of the molecule is Cc1ccc2c(c1)c1cc3c(cc1n2-c1ccc(Nc2ccccc2)cc1)c1cc(C)ccc1n3-c1ccc(N(c2ccccc2)c2ccccc2)cc1. The lowest BCUT2D eigenvalue weighted by Crippen LogP contribution is -2.09. The number of hydrogen-bond acceptors (Lipinski definition) is 2. The third kappa shape index (κ3) is 5.39. The number of aromatic nitrogens is 2. The molecule has 2 aromatic heterocycles. The van der Waals surface area contributed by atoms with Gasteiger partial charge in [-0.2, -0.15) is 0 Å². The molecule has 4 heteroatoms. The van der Waals surface area contributed by atoms with Gasteiger partial charge >= 0.3 is 0 Å². The number of hydrogen-bond donors (Lipinski definition) is 1. The monoisotopic (exact) mass is 694 g/mol. The van der Waals surface area contributed by atoms with E-state index in [9.17, 15) is 0 Å². The third-order valence-electron chi connectivity index (χ3n) is 10.5. The van der Waals surface area contributed by atoms with Crippen molar-refractivity contribution in [2.45, 2.75) is 13.8 Å². The highest BCUT2D eigenvalue weighted by atomic mass is 15.1. The number of para-hydroxylation sites is 3. The van der Waals surface area contributed by atoms with Crippen LogP contribution < -0.4 is 10.2 Å². The largest absolute Gasteiger partial charge is 0.356 e. The molecule has 54 heavy (non-hydrogen) atoms. The van der Waals surface area contributed by atoms with E-state index in [4.69, 9.17) is 0 Å². The van der Waals surface area contributed by atoms with Crippen molar-refractivity contribution >= 4 is 72.0 Å². The fraction of sp³-hybridized carbons (Fsp3) is 0.0400. The van der Waals surface area contributed by atoms with E-state index in [0.717, 1.165) is 39.8 Å². The highest BCUT2D eigenvalue weighted by Crippen LogP contribution is 2.41. The second kappa shape index (κ2) is 12.9. The Labute approximate surface area is 314 Å². The summed E-state index contributed by atoms with van der Waals surface area (Å²) in [6, 6.07) is 67.7. The Morgan fingerprint density at radius 2 is 0.741 bits per heavy atom. The summed E-state index contributed by atoms with van der Waals surface area (Å²) in [5.74, 6) is 0. The topological polar surface area (TPSA) is 25.1 Å². The molecular weight excluding hydrogens is 657 g/mol. The summed E-state index contributed by atoms with van der Waals surface area (Å²) >= 11 is 0. The molecule has 0 saturated heterocycles. The number of fused-ring (bicyclic) bond motifs is 6. The summed E-state index contributed by atoms with van der Waals surface area (Å²) in [5, 5.41) is 8.52. The lowest BCUT2D eigenvalue weighted by atomic mass is 10.1. The Balaban J connectivity index is 1.15. The van der Waals surface area contributed by atoms with Crippen molar-refractivity contribution in [2.24, 2.45) is 0 Å². The number of nitrogens with zero attached hydrogens (tertiary/aromatic N) is 3. The molecule has 0 spiro atoms. The lowest BCUT2D eigenvalue weighted by molar-refractivity contribution is 1.17. The van der Waals surface area contributed by atoms with Gasteiger partial charge in [0.05, 0.1) is 22.1 Å². The predicted octanol–water partition coefficient (Wildman–Crippen LogP) is 13.7. The number of anilines is 5. The second-order valence-electron chi connectivity index (χ2n) is 14.2. The van der Waals surface area contributed by atoms with Crippen molar-refractivity contribution in [2.75, 3.05) is 10.2 Å². The van der Waals surface area contributed by atoms with Crippen LogP contribution in [-0.2, 0) is 0 Å². The van der Waals surface area contributed by atoms with Crippen molar-refractivity contribution in [1.82, 2.24) is 9.13 Å². The van der Waals surface area contributed by atoms with Crippen molar-refractivity contribution in [1.29, 1.82) is 0 Å². The first-order chi connectivity index (χ1) is 26.6. The molecule has 4 nitrogen and oxygen atoms in total. The maximum absolute atomic E-state index is 3.54. The average molecular weight is 695 g/mol. The summed E-state index contributed by atoms with van der Waals surface area (Å²) in [7, 11) is 0. The van der Waals surface area contributed by atoms with E-state index in [-0.39, 0.29) is 0 Å². The Bertz CT molecular complexity index is 2900. The van der Waals surface area contributed by atoms with Crippen molar-refractivity contribution in [3.05, 3.63) is 199 Å². The van der Waals surface area contributed by atoms with Crippen LogP contribution in [0.4, 0.5) is 28.4 Å². The van der Waals surface area contributed by atoms with Crippen LogP contribution >= 0.6 is 0 Å². The zero-order valence-corrected chi connectivity index (χ0v) is 30.2. The second-order valence-corrected chi connectivity index (χ2v) is 14.2. The molecule has 10 aromatic rings. The van der Waals surface area contributed by atoms with Crippen LogP contribution in [0.3, 0.4) is 0 Å². The molecule has 2 heterocycles. The molecule has 0 bridgehead atoms. The number of benzene rings is 8. The molecule has 258 valence electrons. The van der Waals surface area contributed by atoms with Crippen molar-refractivity contribution in [3.8, 4) is 11.4 Å². The first kappa shape index (κ1) is 31.7. The molecule has 0 amide bonds. The number of rotatable bonds is 7. The third-order valence-corrected chi connectivity index (χ3v) is 10.5. The van der Waals surface area contributed by atoms with Gasteiger partial charge in [-0.05, 0) is 135 Å². The summed E-state index contributed by atoms with van der Waals surface area (Å²) < 4.78 is 4.86. The van der Waals surface area contributed by atoms with Crippen LogP contribution in [0.15, 0.2) is 188 Å². The summed E-state index contributed by atoms with van der Waals surface area (Å²) in [6.45, 7) is 4.36. The zero-order valence-electron chi connectivity index (χ0n) is 30.2. The Morgan fingerprint density at radius 3 is 1.22 bits per heavy atom. The standard InChI is InChI=1S/C50H38N4/c1-34-18-28-47-43(30-34)45-33-50-46(32-49(45)53(47)41-22-20-37(21-23-41)51-36-12-6-3-7-13-36)44-31-35(2)19-29-48(44)54(50)42-26-24-40(25-27-42)52(38-14-8-4-9-15-38)39-16-10-5-11-17-39/h3-33,51H,1-2H3. The fourth-order valence-electron chi connectivity index (χ4n) is 8.05. The van der Waals surface area contributed by atoms with Gasteiger partial charge in [0.1, 0.15) is 0 Å². The minimum Gasteiger partial charge on any atom is -0.356 e. The molecular formula is C50H38N4. The quantitative estimate of drug-likeness (QED) is 0.180. The summed E-state index contributed by atoms with van der Waals surface area (Å²) in [4.78, 5) is 2.31. The molecule has 0 aliphatic heterocycles. The number of aryl methyl sites for hydroxylation is 2. The Hall–Kier alpha value is -7.04. The van der Waals surface area contributed by atoms with Crippen LogP contribution in [0, 0.1) is 13.8 Å². The van der Waals surface area contributed by atoms with Gasteiger partial charge in [-0.1, -0.05) is 77.9 Å². The summed E-state index contributed by atoms with van der Waals surface area (Å²) in [6.07, 6.45) is 0. The fourth-order valence-corrected chi connectivity index (χ4v) is 8.05. The minimum atomic E-state index is 1.06. The van der Waals surface area contributed by atoms with E-state index < -0.39 is 0 Å². The molecule has 0 aliphatic carbocycles. The average Bonchev–Trinajstić information content (AvgIpc) is 3.70. The Morgan fingerprint density at radius 1 is 0.352 bits per heavy atom. The molecule has 8 aromatic carbocycles. The maximum Gasteiger partial charge on any atom is 0.0548 e. The molecule has 10 rings (SSSR count). The lowest BCUT2D eigenvalue weighted by Gasteiger charge is -2.25. The van der Waals surface area contributed by atoms with Gasteiger partial charge < -0.3 is 19.4 Å². The molecule has 1 N–H and O–H groups in total. The van der Waals surface area contributed by atoms with Crippen molar-refractivity contribution < 1.29 is 0 Å². The predicted molar refractivity (Wildman–Crippen MR) is 229 cm³/mol. The van der Waals surface area contributed by atoms with E-state index in [1.54, 1.807) is 0 Å². The van der Waals surface area contributed by atoms with E-state index in [1.807, 2.05) is 6.07 Å². The molecule has 0 aliphatic rings. The van der Waals surface area contributed by atoms with E-state index in [1.165, 1.54) is 54.7 Å². The van der Waals surface area contributed by atoms with Gasteiger partial charge in [-0.3, -0.25) is 0 Å². The van der Waals surface area contributed by atoms with Crippen LogP contribution in [0.25, 0.3) is 55.0 Å². The van der Waals surface area contributed by atoms with Crippen molar-refractivity contribution in [3.63, 3.8) is 0 Å². The van der Waals surface area contributed by atoms with Crippen LogP contribution in [0.5, 0.6) is 0 Å². The smallest absolute Gasteiger partial charge is 0.0548 e. The molecule has 0 fully saturated rings. The summed E-state index contributed by atoms with van der Waals surface area (Å²) in [5.41, 5.74) is 15.0. The van der Waals surface area contributed by atoms with E-state index in [2.05, 4.69) is 215 Å².